The van der Waals surface area contributed by atoms with Gasteiger partial charge in [0.1, 0.15) is 18.2 Å². The van der Waals surface area contributed by atoms with Crippen molar-refractivity contribution in [2.24, 2.45) is 0 Å². The van der Waals surface area contributed by atoms with Gasteiger partial charge in [-0.2, -0.15) is 0 Å². The first-order chi connectivity index (χ1) is 8.56. The highest BCUT2D eigenvalue weighted by atomic mass is 35.5. The van der Waals surface area contributed by atoms with E-state index in [1.165, 1.54) is 6.07 Å². The molecule has 0 amide bonds. The molecule has 0 saturated carbocycles. The van der Waals surface area contributed by atoms with Gasteiger partial charge in [0.15, 0.2) is 0 Å². The molecule has 0 aliphatic carbocycles. The fourth-order valence-corrected chi connectivity index (χ4v) is 1.70. The molecule has 2 aromatic rings. The van der Waals surface area contributed by atoms with Crippen molar-refractivity contribution in [1.82, 2.24) is 0 Å². The number of ether oxygens (including phenoxy) is 1. The number of anilines is 1. The van der Waals surface area contributed by atoms with Gasteiger partial charge in [0.2, 0.25) is 0 Å². The van der Waals surface area contributed by atoms with E-state index in [1.54, 1.807) is 37.3 Å². The van der Waals surface area contributed by atoms with Crippen molar-refractivity contribution in [3.8, 4) is 5.75 Å². The molecular formula is C14H13ClFNO. The molecule has 0 heterocycles. The van der Waals surface area contributed by atoms with Gasteiger partial charge in [-0.15, -0.1) is 0 Å². The van der Waals surface area contributed by atoms with Gasteiger partial charge in [0.25, 0.3) is 0 Å². The SMILES string of the molecule is Cc1ccc(OCc2cc(N)ccc2Cl)cc1F. The zero-order valence-corrected chi connectivity index (χ0v) is 10.7. The van der Waals surface area contributed by atoms with E-state index in [0.717, 1.165) is 5.56 Å². The van der Waals surface area contributed by atoms with Crippen LogP contribution in [0.25, 0.3) is 0 Å². The predicted molar refractivity (Wildman–Crippen MR) is 71.3 cm³/mol. The molecular weight excluding hydrogens is 253 g/mol. The van der Waals surface area contributed by atoms with Gasteiger partial charge in [-0.3, -0.25) is 0 Å². The third-order valence-electron chi connectivity index (χ3n) is 2.61. The van der Waals surface area contributed by atoms with Crippen LogP contribution in [0.15, 0.2) is 36.4 Å². The van der Waals surface area contributed by atoms with Crippen LogP contribution in [0.1, 0.15) is 11.1 Å². The van der Waals surface area contributed by atoms with Gasteiger partial charge in [0, 0.05) is 22.3 Å². The first kappa shape index (κ1) is 12.7. The zero-order chi connectivity index (χ0) is 13.1. The Kier molecular flexibility index (Phi) is 3.72. The van der Waals surface area contributed by atoms with E-state index in [2.05, 4.69) is 0 Å². The number of hydrogen-bond donors (Lipinski definition) is 1. The summed E-state index contributed by atoms with van der Waals surface area (Å²) >= 11 is 6.01. The van der Waals surface area contributed by atoms with Crippen LogP contribution in [0.2, 0.25) is 5.02 Å². The van der Waals surface area contributed by atoms with E-state index < -0.39 is 0 Å². The summed E-state index contributed by atoms with van der Waals surface area (Å²) in [5.41, 5.74) is 7.65. The van der Waals surface area contributed by atoms with Crippen LogP contribution < -0.4 is 10.5 Å². The largest absolute Gasteiger partial charge is 0.489 e. The Hall–Kier alpha value is -1.74. The van der Waals surface area contributed by atoms with Crippen LogP contribution in [0.4, 0.5) is 10.1 Å². The summed E-state index contributed by atoms with van der Waals surface area (Å²) < 4.78 is 18.8. The Morgan fingerprint density at radius 3 is 2.72 bits per heavy atom. The Morgan fingerprint density at radius 2 is 2.00 bits per heavy atom. The molecule has 0 aliphatic rings. The molecule has 0 unspecified atom stereocenters. The molecule has 94 valence electrons. The van der Waals surface area contributed by atoms with Crippen LogP contribution >= 0.6 is 11.6 Å². The summed E-state index contributed by atoms with van der Waals surface area (Å²) in [6.07, 6.45) is 0. The molecule has 0 saturated heterocycles. The lowest BCUT2D eigenvalue weighted by molar-refractivity contribution is 0.304. The quantitative estimate of drug-likeness (QED) is 0.853. The second-order valence-electron chi connectivity index (χ2n) is 4.05. The number of hydrogen-bond acceptors (Lipinski definition) is 2. The summed E-state index contributed by atoms with van der Waals surface area (Å²) in [5, 5.41) is 0.580. The minimum absolute atomic E-state index is 0.256. The van der Waals surface area contributed by atoms with E-state index in [0.29, 0.717) is 22.0 Å². The number of halogens is 2. The molecule has 4 heteroatoms. The van der Waals surface area contributed by atoms with Crippen molar-refractivity contribution in [3.05, 3.63) is 58.4 Å². The summed E-state index contributed by atoms with van der Waals surface area (Å²) in [6, 6.07) is 9.93. The van der Waals surface area contributed by atoms with Crippen molar-refractivity contribution in [2.75, 3.05) is 5.73 Å². The molecule has 0 bridgehead atoms. The van der Waals surface area contributed by atoms with Crippen LogP contribution in [-0.4, -0.2) is 0 Å². The Balaban J connectivity index is 2.11. The van der Waals surface area contributed by atoms with E-state index >= 15 is 0 Å². The lowest BCUT2D eigenvalue weighted by atomic mass is 10.2. The fraction of sp³-hybridized carbons (Fsp3) is 0.143. The molecule has 2 N–H and O–H groups in total. The standard InChI is InChI=1S/C14H13ClFNO/c1-9-2-4-12(7-14(9)16)18-8-10-6-11(17)3-5-13(10)15/h2-7H,8,17H2,1H3. The average Bonchev–Trinajstić information content (AvgIpc) is 2.34. The number of benzene rings is 2. The molecule has 0 radical (unpaired) electrons. The Labute approximate surface area is 110 Å². The van der Waals surface area contributed by atoms with Gasteiger partial charge in [-0.1, -0.05) is 17.7 Å². The van der Waals surface area contributed by atoms with Crippen molar-refractivity contribution < 1.29 is 9.13 Å². The third kappa shape index (κ3) is 2.93. The molecule has 0 spiro atoms. The molecule has 0 aromatic heterocycles. The summed E-state index contributed by atoms with van der Waals surface area (Å²) in [4.78, 5) is 0. The molecule has 0 aliphatic heterocycles. The molecule has 2 aromatic carbocycles. The van der Waals surface area contributed by atoms with E-state index in [-0.39, 0.29) is 12.4 Å². The maximum atomic E-state index is 13.3. The van der Waals surface area contributed by atoms with E-state index in [4.69, 9.17) is 22.1 Å². The van der Waals surface area contributed by atoms with Crippen LogP contribution in [0.3, 0.4) is 0 Å². The second-order valence-corrected chi connectivity index (χ2v) is 4.46. The van der Waals surface area contributed by atoms with Crippen molar-refractivity contribution >= 4 is 17.3 Å². The summed E-state index contributed by atoms with van der Waals surface area (Å²) in [7, 11) is 0. The van der Waals surface area contributed by atoms with Crippen LogP contribution in [0, 0.1) is 12.7 Å². The molecule has 18 heavy (non-hydrogen) atoms. The van der Waals surface area contributed by atoms with E-state index in [9.17, 15) is 4.39 Å². The fourth-order valence-electron chi connectivity index (χ4n) is 1.53. The maximum absolute atomic E-state index is 13.3. The number of nitrogen functional groups attached to an aromatic ring is 1. The molecule has 2 rings (SSSR count). The molecule has 0 atom stereocenters. The monoisotopic (exact) mass is 265 g/mol. The normalized spacial score (nSPS) is 10.4. The summed E-state index contributed by atoms with van der Waals surface area (Å²) in [5.74, 6) is 0.183. The van der Waals surface area contributed by atoms with Gasteiger partial charge >= 0.3 is 0 Å². The first-order valence-corrected chi connectivity index (χ1v) is 5.87. The number of aryl methyl sites for hydroxylation is 1. The molecule has 0 fully saturated rings. The van der Waals surface area contributed by atoms with Crippen molar-refractivity contribution in [1.29, 1.82) is 0 Å². The maximum Gasteiger partial charge on any atom is 0.129 e. The van der Waals surface area contributed by atoms with Crippen molar-refractivity contribution in [2.45, 2.75) is 13.5 Å². The minimum atomic E-state index is -0.286. The minimum Gasteiger partial charge on any atom is -0.489 e. The van der Waals surface area contributed by atoms with E-state index in [1.807, 2.05) is 0 Å². The van der Waals surface area contributed by atoms with Crippen molar-refractivity contribution in [3.63, 3.8) is 0 Å². The highest BCUT2D eigenvalue weighted by molar-refractivity contribution is 6.31. The Morgan fingerprint density at radius 1 is 1.22 bits per heavy atom. The van der Waals surface area contributed by atoms with Crippen LogP contribution in [0.5, 0.6) is 5.75 Å². The topological polar surface area (TPSA) is 35.2 Å². The lowest BCUT2D eigenvalue weighted by Gasteiger charge is -2.09. The first-order valence-electron chi connectivity index (χ1n) is 5.49. The lowest BCUT2D eigenvalue weighted by Crippen LogP contribution is -1.98. The average molecular weight is 266 g/mol. The highest BCUT2D eigenvalue weighted by Gasteiger charge is 2.04. The Bertz CT molecular complexity index is 572. The predicted octanol–water partition coefficient (Wildman–Crippen LogP) is 3.95. The van der Waals surface area contributed by atoms with Gasteiger partial charge in [-0.25, -0.2) is 4.39 Å². The third-order valence-corrected chi connectivity index (χ3v) is 2.98. The molecule has 2 nitrogen and oxygen atoms in total. The van der Waals surface area contributed by atoms with Gasteiger partial charge in [-0.05, 0) is 36.8 Å². The summed E-state index contributed by atoms with van der Waals surface area (Å²) in [6.45, 7) is 1.96. The second kappa shape index (κ2) is 5.27. The van der Waals surface area contributed by atoms with Gasteiger partial charge in [0.05, 0.1) is 0 Å². The highest BCUT2D eigenvalue weighted by Crippen LogP contribution is 2.22. The smallest absolute Gasteiger partial charge is 0.129 e. The number of rotatable bonds is 3. The van der Waals surface area contributed by atoms with Crippen LogP contribution in [-0.2, 0) is 6.61 Å². The van der Waals surface area contributed by atoms with Gasteiger partial charge < -0.3 is 10.5 Å². The number of nitrogens with two attached hydrogens (primary N) is 1. The zero-order valence-electron chi connectivity index (χ0n) is 9.91.